The van der Waals surface area contributed by atoms with Crippen LogP contribution in [0.1, 0.15) is 13.3 Å². The fourth-order valence-corrected chi connectivity index (χ4v) is 1.80. The van der Waals surface area contributed by atoms with Crippen molar-refractivity contribution < 1.29 is 14.3 Å². The molecule has 0 bridgehead atoms. The van der Waals surface area contributed by atoms with E-state index in [0.717, 1.165) is 6.42 Å². The van der Waals surface area contributed by atoms with Gasteiger partial charge in [0.25, 0.3) is 0 Å². The van der Waals surface area contributed by atoms with Crippen molar-refractivity contribution in [3.63, 3.8) is 0 Å². The van der Waals surface area contributed by atoms with Crippen molar-refractivity contribution >= 4 is 11.9 Å². The highest BCUT2D eigenvalue weighted by Gasteiger charge is 2.44. The Morgan fingerprint density at radius 3 is 2.83 bits per heavy atom. The van der Waals surface area contributed by atoms with Gasteiger partial charge in [-0.2, -0.15) is 0 Å². The van der Waals surface area contributed by atoms with Gasteiger partial charge in [0.1, 0.15) is 0 Å². The van der Waals surface area contributed by atoms with Crippen LogP contribution in [0.2, 0.25) is 0 Å². The summed E-state index contributed by atoms with van der Waals surface area (Å²) in [5, 5.41) is 0. The summed E-state index contributed by atoms with van der Waals surface area (Å²) in [4.78, 5) is 22.1. The molecule has 0 aromatic carbocycles. The zero-order valence-electron chi connectivity index (χ0n) is 6.82. The monoisotopic (exact) mass is 166 g/mol. The molecule has 0 N–H and O–H groups in total. The topological polar surface area (TPSA) is 43.4 Å². The maximum atomic E-state index is 11.1. The predicted molar refractivity (Wildman–Crippen MR) is 41.0 cm³/mol. The SMILES string of the molecule is C[C@H]1C=C[C@@H]2C(=O)OC(=O)[C@H]2C1. The molecule has 0 aromatic rings. The van der Waals surface area contributed by atoms with Gasteiger partial charge in [-0.05, 0) is 12.3 Å². The Labute approximate surface area is 70.4 Å². The highest BCUT2D eigenvalue weighted by Crippen LogP contribution is 2.34. The number of cyclic esters (lactones) is 2. The summed E-state index contributed by atoms with van der Waals surface area (Å²) in [7, 11) is 0. The molecular weight excluding hydrogens is 156 g/mol. The summed E-state index contributed by atoms with van der Waals surface area (Å²) in [6.45, 7) is 2.03. The number of hydrogen-bond acceptors (Lipinski definition) is 3. The number of allylic oxidation sites excluding steroid dienone is 1. The van der Waals surface area contributed by atoms with Crippen LogP contribution in [-0.2, 0) is 14.3 Å². The molecule has 1 aliphatic heterocycles. The van der Waals surface area contributed by atoms with Crippen molar-refractivity contribution in [3.8, 4) is 0 Å². The third-order valence-corrected chi connectivity index (χ3v) is 2.48. The molecule has 0 spiro atoms. The number of fused-ring (bicyclic) bond motifs is 1. The molecule has 3 heteroatoms. The third-order valence-electron chi connectivity index (χ3n) is 2.48. The van der Waals surface area contributed by atoms with Gasteiger partial charge in [0, 0.05) is 0 Å². The normalized spacial score (nSPS) is 39.6. The van der Waals surface area contributed by atoms with E-state index in [9.17, 15) is 9.59 Å². The van der Waals surface area contributed by atoms with Gasteiger partial charge < -0.3 is 4.74 Å². The Kier molecular flexibility index (Phi) is 1.53. The molecule has 64 valence electrons. The molecule has 0 unspecified atom stereocenters. The van der Waals surface area contributed by atoms with E-state index >= 15 is 0 Å². The van der Waals surface area contributed by atoms with Crippen LogP contribution in [-0.4, -0.2) is 11.9 Å². The molecule has 0 amide bonds. The predicted octanol–water partition coefficient (Wildman–Crippen LogP) is 0.898. The molecule has 1 fully saturated rings. The van der Waals surface area contributed by atoms with E-state index in [-0.39, 0.29) is 23.8 Å². The lowest BCUT2D eigenvalue weighted by Crippen LogP contribution is -2.21. The van der Waals surface area contributed by atoms with E-state index in [0.29, 0.717) is 5.92 Å². The maximum absolute atomic E-state index is 11.1. The smallest absolute Gasteiger partial charge is 0.321 e. The highest BCUT2D eigenvalue weighted by molar-refractivity contribution is 5.97. The van der Waals surface area contributed by atoms with Gasteiger partial charge in [-0.1, -0.05) is 19.1 Å². The first-order chi connectivity index (χ1) is 5.68. The van der Waals surface area contributed by atoms with E-state index in [1.54, 1.807) is 6.08 Å². The van der Waals surface area contributed by atoms with E-state index in [2.05, 4.69) is 4.74 Å². The number of esters is 2. The lowest BCUT2D eigenvalue weighted by atomic mass is 9.81. The fourth-order valence-electron chi connectivity index (χ4n) is 1.80. The first-order valence-corrected chi connectivity index (χ1v) is 4.12. The van der Waals surface area contributed by atoms with Crippen LogP contribution in [0.25, 0.3) is 0 Å². The minimum Gasteiger partial charge on any atom is -0.392 e. The van der Waals surface area contributed by atoms with Gasteiger partial charge in [-0.15, -0.1) is 0 Å². The Balaban J connectivity index is 2.29. The third kappa shape index (κ3) is 0.967. The average molecular weight is 166 g/mol. The zero-order valence-corrected chi connectivity index (χ0v) is 6.82. The second-order valence-corrected chi connectivity index (χ2v) is 3.47. The number of carbonyl (C=O) groups excluding carboxylic acids is 2. The summed E-state index contributed by atoms with van der Waals surface area (Å²) >= 11 is 0. The van der Waals surface area contributed by atoms with Gasteiger partial charge in [-0.25, -0.2) is 0 Å². The molecule has 0 aromatic heterocycles. The van der Waals surface area contributed by atoms with Crippen LogP contribution in [0.3, 0.4) is 0 Å². The lowest BCUT2D eigenvalue weighted by Gasteiger charge is -2.18. The van der Waals surface area contributed by atoms with Crippen LogP contribution in [0.5, 0.6) is 0 Å². The zero-order chi connectivity index (χ0) is 8.72. The Bertz CT molecular complexity index is 267. The minimum atomic E-state index is -0.381. The first kappa shape index (κ1) is 7.53. The van der Waals surface area contributed by atoms with E-state index < -0.39 is 0 Å². The number of rotatable bonds is 0. The van der Waals surface area contributed by atoms with E-state index in [4.69, 9.17) is 0 Å². The summed E-state index contributed by atoms with van der Waals surface area (Å²) < 4.78 is 4.53. The lowest BCUT2D eigenvalue weighted by molar-refractivity contribution is -0.153. The Morgan fingerprint density at radius 2 is 2.08 bits per heavy atom. The molecule has 1 saturated heterocycles. The van der Waals surface area contributed by atoms with Crippen molar-refractivity contribution in [2.45, 2.75) is 13.3 Å². The van der Waals surface area contributed by atoms with Crippen molar-refractivity contribution in [2.75, 3.05) is 0 Å². The van der Waals surface area contributed by atoms with Gasteiger partial charge >= 0.3 is 11.9 Å². The van der Waals surface area contributed by atoms with Gasteiger partial charge in [0.2, 0.25) is 0 Å². The molecule has 3 atom stereocenters. The van der Waals surface area contributed by atoms with Crippen molar-refractivity contribution in [2.24, 2.45) is 17.8 Å². The molecule has 0 saturated carbocycles. The fraction of sp³-hybridized carbons (Fsp3) is 0.556. The van der Waals surface area contributed by atoms with Crippen molar-refractivity contribution in [1.29, 1.82) is 0 Å². The summed E-state index contributed by atoms with van der Waals surface area (Å²) in [6, 6.07) is 0. The first-order valence-electron chi connectivity index (χ1n) is 4.12. The van der Waals surface area contributed by atoms with Crippen LogP contribution in [0.4, 0.5) is 0 Å². The van der Waals surface area contributed by atoms with Crippen molar-refractivity contribution in [3.05, 3.63) is 12.2 Å². The summed E-state index contributed by atoms with van der Waals surface area (Å²) in [6.07, 6.45) is 4.51. The van der Waals surface area contributed by atoms with Crippen LogP contribution < -0.4 is 0 Å². The summed E-state index contributed by atoms with van der Waals surface area (Å²) in [5.74, 6) is -0.856. The second-order valence-electron chi connectivity index (χ2n) is 3.47. The summed E-state index contributed by atoms with van der Waals surface area (Å²) in [5.41, 5.74) is 0. The molecule has 12 heavy (non-hydrogen) atoms. The quantitative estimate of drug-likeness (QED) is 0.305. The number of carbonyl (C=O) groups is 2. The van der Waals surface area contributed by atoms with Crippen molar-refractivity contribution in [1.82, 2.24) is 0 Å². The minimum absolute atomic E-state index is 0.211. The number of ether oxygens (including phenoxy) is 1. The van der Waals surface area contributed by atoms with E-state index in [1.807, 2.05) is 13.0 Å². The van der Waals surface area contributed by atoms with Crippen LogP contribution in [0.15, 0.2) is 12.2 Å². The van der Waals surface area contributed by atoms with Crippen LogP contribution in [0, 0.1) is 17.8 Å². The highest BCUT2D eigenvalue weighted by atomic mass is 16.6. The van der Waals surface area contributed by atoms with Gasteiger partial charge in [0.15, 0.2) is 0 Å². The Morgan fingerprint density at radius 1 is 1.33 bits per heavy atom. The molecule has 3 nitrogen and oxygen atoms in total. The molecule has 2 aliphatic rings. The standard InChI is InChI=1S/C9H10O3/c1-5-2-3-6-7(4-5)9(11)12-8(6)10/h2-3,5-7H,4H2,1H3/t5-,6-,7-/m0/s1. The number of hydrogen-bond donors (Lipinski definition) is 0. The molecule has 0 radical (unpaired) electrons. The van der Waals surface area contributed by atoms with Gasteiger partial charge in [0.05, 0.1) is 11.8 Å². The average Bonchev–Trinajstić information content (AvgIpc) is 2.28. The largest absolute Gasteiger partial charge is 0.392 e. The second kappa shape index (κ2) is 2.44. The molecule has 1 heterocycles. The van der Waals surface area contributed by atoms with E-state index in [1.165, 1.54) is 0 Å². The van der Waals surface area contributed by atoms with Gasteiger partial charge in [-0.3, -0.25) is 9.59 Å². The molecule has 1 aliphatic carbocycles. The molecular formula is C9H10O3. The van der Waals surface area contributed by atoms with Crippen LogP contribution >= 0.6 is 0 Å². The maximum Gasteiger partial charge on any atom is 0.321 e. The Hall–Kier alpha value is -1.12. The molecule has 2 rings (SSSR count).